The maximum atomic E-state index is 8.79. The van der Waals surface area contributed by atoms with Crippen molar-refractivity contribution in [2.75, 3.05) is 24.1 Å². The molecule has 5 heteroatoms. The molecule has 0 spiro atoms. The maximum absolute atomic E-state index is 8.79. The van der Waals surface area contributed by atoms with Crippen LogP contribution < -0.4 is 11.1 Å². The molecule has 2 saturated heterocycles. The molecule has 2 aliphatic heterocycles. The van der Waals surface area contributed by atoms with E-state index in [4.69, 9.17) is 11.0 Å². The molecule has 0 aliphatic carbocycles. The molecule has 18 heavy (non-hydrogen) atoms. The van der Waals surface area contributed by atoms with Crippen molar-refractivity contribution < 1.29 is 0 Å². The Labute approximate surface area is 107 Å². The predicted octanol–water partition coefficient (Wildman–Crippen LogP) is 1.18. The van der Waals surface area contributed by atoms with E-state index >= 15 is 0 Å². The lowest BCUT2D eigenvalue weighted by Gasteiger charge is -2.22. The van der Waals surface area contributed by atoms with Gasteiger partial charge in [-0.15, -0.1) is 0 Å². The Kier molecular flexibility index (Phi) is 2.80. The molecule has 0 amide bonds. The van der Waals surface area contributed by atoms with E-state index < -0.39 is 0 Å². The lowest BCUT2D eigenvalue weighted by atomic mass is 10.1. The Morgan fingerprint density at radius 2 is 2.33 bits per heavy atom. The minimum absolute atomic E-state index is 0.440. The molecule has 1 aromatic heterocycles. The molecule has 3 rings (SSSR count). The molecule has 3 N–H and O–H groups in total. The Morgan fingerprint density at radius 3 is 3.11 bits per heavy atom. The smallest absolute Gasteiger partial charge is 0.149 e. The van der Waals surface area contributed by atoms with E-state index in [1.807, 2.05) is 6.07 Å². The molecule has 1 aromatic rings. The van der Waals surface area contributed by atoms with Gasteiger partial charge in [0.05, 0.1) is 11.3 Å². The van der Waals surface area contributed by atoms with E-state index in [0.717, 1.165) is 6.42 Å². The van der Waals surface area contributed by atoms with Crippen molar-refractivity contribution >= 4 is 11.5 Å². The fourth-order valence-electron chi connectivity index (χ4n) is 3.09. The molecule has 0 bridgehead atoms. The number of nitrogen functional groups attached to an aromatic ring is 1. The first-order chi connectivity index (χ1) is 8.78. The fourth-order valence-corrected chi connectivity index (χ4v) is 3.09. The second kappa shape index (κ2) is 4.46. The first-order valence-electron chi connectivity index (χ1n) is 6.44. The lowest BCUT2D eigenvalue weighted by Crippen LogP contribution is -2.34. The Balaban J connectivity index is 1.75. The quantitative estimate of drug-likeness (QED) is 0.815. The molecule has 5 nitrogen and oxygen atoms in total. The molecule has 2 atom stereocenters. The summed E-state index contributed by atoms with van der Waals surface area (Å²) >= 11 is 0. The standard InChI is InChI=1S/C13H17N5/c14-7-9-6-10(15)13(16-8-9)17-11-3-5-18-4-1-2-12(11)18/h6,8,11-12H,1-5,15H2,(H,16,17). The number of pyridine rings is 1. The van der Waals surface area contributed by atoms with Gasteiger partial charge in [0.1, 0.15) is 11.9 Å². The van der Waals surface area contributed by atoms with Gasteiger partial charge in [-0.25, -0.2) is 4.98 Å². The van der Waals surface area contributed by atoms with Crippen LogP contribution in [0.3, 0.4) is 0 Å². The molecular formula is C13H17N5. The Bertz CT molecular complexity index is 493. The van der Waals surface area contributed by atoms with E-state index in [0.29, 0.717) is 29.2 Å². The average molecular weight is 243 g/mol. The van der Waals surface area contributed by atoms with Gasteiger partial charge in [-0.2, -0.15) is 5.26 Å². The van der Waals surface area contributed by atoms with E-state index in [1.54, 1.807) is 12.3 Å². The van der Waals surface area contributed by atoms with E-state index in [1.165, 1.54) is 25.9 Å². The first kappa shape index (κ1) is 11.3. The summed E-state index contributed by atoms with van der Waals surface area (Å²) in [4.78, 5) is 6.79. The van der Waals surface area contributed by atoms with Gasteiger partial charge in [-0.1, -0.05) is 0 Å². The second-order valence-corrected chi connectivity index (χ2v) is 5.06. The van der Waals surface area contributed by atoms with E-state index in [-0.39, 0.29) is 0 Å². The second-order valence-electron chi connectivity index (χ2n) is 5.06. The summed E-state index contributed by atoms with van der Waals surface area (Å²) in [6, 6.07) is 4.79. The van der Waals surface area contributed by atoms with Crippen LogP contribution in [-0.4, -0.2) is 35.1 Å². The number of nitrogens with zero attached hydrogens (tertiary/aromatic N) is 3. The summed E-state index contributed by atoms with van der Waals surface area (Å²) in [5, 5.41) is 12.2. The van der Waals surface area contributed by atoms with Gasteiger partial charge in [0.2, 0.25) is 0 Å². The summed E-state index contributed by atoms with van der Waals surface area (Å²) in [5.74, 6) is 0.716. The zero-order valence-electron chi connectivity index (χ0n) is 10.3. The molecular weight excluding hydrogens is 226 g/mol. The van der Waals surface area contributed by atoms with Crippen molar-refractivity contribution in [2.24, 2.45) is 0 Å². The minimum atomic E-state index is 0.440. The van der Waals surface area contributed by atoms with Gasteiger partial charge in [0, 0.05) is 24.8 Å². The number of hydrogen-bond donors (Lipinski definition) is 2. The minimum Gasteiger partial charge on any atom is -0.396 e. The van der Waals surface area contributed by atoms with Crippen LogP contribution >= 0.6 is 0 Å². The van der Waals surface area contributed by atoms with Crippen LogP contribution in [0.1, 0.15) is 24.8 Å². The summed E-state index contributed by atoms with van der Waals surface area (Å²) in [6.07, 6.45) is 5.26. The number of nitrogens with two attached hydrogens (primary N) is 1. The van der Waals surface area contributed by atoms with Crippen molar-refractivity contribution in [1.29, 1.82) is 5.26 Å². The molecule has 2 unspecified atom stereocenters. The van der Waals surface area contributed by atoms with Crippen LogP contribution in [0.4, 0.5) is 11.5 Å². The van der Waals surface area contributed by atoms with Gasteiger partial charge in [-0.3, -0.25) is 4.90 Å². The number of nitriles is 1. The number of anilines is 2. The average Bonchev–Trinajstić information content (AvgIpc) is 2.96. The monoisotopic (exact) mass is 243 g/mol. The van der Waals surface area contributed by atoms with Crippen LogP contribution in [0.25, 0.3) is 0 Å². The summed E-state index contributed by atoms with van der Waals surface area (Å²) < 4.78 is 0. The third kappa shape index (κ3) is 1.89. The number of aromatic nitrogens is 1. The van der Waals surface area contributed by atoms with Crippen molar-refractivity contribution in [3.63, 3.8) is 0 Å². The largest absolute Gasteiger partial charge is 0.396 e. The number of rotatable bonds is 2. The van der Waals surface area contributed by atoms with Crippen molar-refractivity contribution in [3.05, 3.63) is 17.8 Å². The topological polar surface area (TPSA) is 78.0 Å². The van der Waals surface area contributed by atoms with Gasteiger partial charge in [0.25, 0.3) is 0 Å². The van der Waals surface area contributed by atoms with Gasteiger partial charge < -0.3 is 11.1 Å². The van der Waals surface area contributed by atoms with Crippen LogP contribution in [0, 0.1) is 11.3 Å². The highest BCUT2D eigenvalue weighted by atomic mass is 15.2. The van der Waals surface area contributed by atoms with Gasteiger partial charge in [-0.05, 0) is 31.9 Å². The number of fused-ring (bicyclic) bond motifs is 1. The highest BCUT2D eigenvalue weighted by Crippen LogP contribution is 2.30. The molecule has 94 valence electrons. The highest BCUT2D eigenvalue weighted by molar-refractivity contribution is 5.63. The van der Waals surface area contributed by atoms with Crippen LogP contribution in [-0.2, 0) is 0 Å². The molecule has 0 aromatic carbocycles. The number of nitrogens with one attached hydrogen (secondary N) is 1. The number of hydrogen-bond acceptors (Lipinski definition) is 5. The molecule has 0 saturated carbocycles. The van der Waals surface area contributed by atoms with Crippen molar-refractivity contribution in [1.82, 2.24) is 9.88 Å². The van der Waals surface area contributed by atoms with Crippen LogP contribution in [0.2, 0.25) is 0 Å². The Morgan fingerprint density at radius 1 is 1.44 bits per heavy atom. The van der Waals surface area contributed by atoms with Crippen molar-refractivity contribution in [3.8, 4) is 6.07 Å². The molecule has 3 heterocycles. The SMILES string of the molecule is N#Cc1cnc(NC2CCN3CCCC23)c(N)c1. The summed E-state index contributed by atoms with van der Waals surface area (Å²) in [5.41, 5.74) is 6.99. The summed E-state index contributed by atoms with van der Waals surface area (Å²) in [6.45, 7) is 2.39. The Hall–Kier alpha value is -1.80. The van der Waals surface area contributed by atoms with Gasteiger partial charge >= 0.3 is 0 Å². The highest BCUT2D eigenvalue weighted by Gasteiger charge is 2.37. The van der Waals surface area contributed by atoms with E-state index in [9.17, 15) is 0 Å². The third-order valence-electron chi connectivity index (χ3n) is 3.97. The molecule has 2 aliphatic rings. The fraction of sp³-hybridized carbons (Fsp3) is 0.538. The predicted molar refractivity (Wildman–Crippen MR) is 70.0 cm³/mol. The lowest BCUT2D eigenvalue weighted by molar-refractivity contribution is 0.318. The zero-order valence-corrected chi connectivity index (χ0v) is 10.3. The first-order valence-corrected chi connectivity index (χ1v) is 6.44. The van der Waals surface area contributed by atoms with Crippen molar-refractivity contribution in [2.45, 2.75) is 31.3 Å². The molecule has 0 radical (unpaired) electrons. The van der Waals surface area contributed by atoms with E-state index in [2.05, 4.69) is 15.2 Å². The molecule has 2 fully saturated rings. The van der Waals surface area contributed by atoms with Crippen LogP contribution in [0.5, 0.6) is 0 Å². The maximum Gasteiger partial charge on any atom is 0.149 e. The zero-order chi connectivity index (χ0) is 12.5. The van der Waals surface area contributed by atoms with Gasteiger partial charge in [0.15, 0.2) is 0 Å². The normalized spacial score (nSPS) is 26.8. The summed E-state index contributed by atoms with van der Waals surface area (Å²) in [7, 11) is 0. The van der Waals surface area contributed by atoms with Crippen LogP contribution in [0.15, 0.2) is 12.3 Å². The third-order valence-corrected chi connectivity index (χ3v) is 3.97.